The molecular formula is C23H26N4O. The molecule has 1 aliphatic heterocycles. The molecule has 0 spiro atoms. The van der Waals surface area contributed by atoms with Gasteiger partial charge >= 0.3 is 0 Å². The van der Waals surface area contributed by atoms with Crippen LogP contribution in [0.4, 0.5) is 0 Å². The predicted molar refractivity (Wildman–Crippen MR) is 111 cm³/mol. The fourth-order valence-electron chi connectivity index (χ4n) is 3.77. The lowest BCUT2D eigenvalue weighted by Crippen LogP contribution is -2.46. The van der Waals surface area contributed by atoms with Crippen molar-refractivity contribution in [3.63, 3.8) is 0 Å². The Balaban J connectivity index is 1.61. The van der Waals surface area contributed by atoms with Gasteiger partial charge in [0.2, 0.25) is 0 Å². The summed E-state index contributed by atoms with van der Waals surface area (Å²) in [7, 11) is 0. The lowest BCUT2D eigenvalue weighted by molar-refractivity contribution is 0.0926. The number of nitrogens with zero attached hydrogens (tertiary/aromatic N) is 2. The van der Waals surface area contributed by atoms with Crippen LogP contribution in [0, 0.1) is 0 Å². The van der Waals surface area contributed by atoms with Gasteiger partial charge in [0.15, 0.2) is 0 Å². The molecule has 1 aliphatic rings. The molecule has 3 aromatic rings. The van der Waals surface area contributed by atoms with Crippen molar-refractivity contribution in [2.24, 2.45) is 0 Å². The molecule has 28 heavy (non-hydrogen) atoms. The van der Waals surface area contributed by atoms with Gasteiger partial charge in [0.1, 0.15) is 5.69 Å². The van der Waals surface area contributed by atoms with E-state index in [0.29, 0.717) is 18.2 Å². The normalized spacial score (nSPS) is 19.3. The van der Waals surface area contributed by atoms with Crippen molar-refractivity contribution >= 4 is 5.91 Å². The van der Waals surface area contributed by atoms with E-state index in [9.17, 15) is 4.79 Å². The minimum Gasteiger partial charge on any atom is -0.349 e. The van der Waals surface area contributed by atoms with Crippen LogP contribution in [0.2, 0.25) is 0 Å². The van der Waals surface area contributed by atoms with Gasteiger partial charge in [-0.3, -0.25) is 9.48 Å². The van der Waals surface area contributed by atoms with E-state index in [1.165, 1.54) is 0 Å². The van der Waals surface area contributed by atoms with Crippen LogP contribution >= 0.6 is 0 Å². The number of piperidine rings is 1. The summed E-state index contributed by atoms with van der Waals surface area (Å²) in [5, 5.41) is 11.4. The van der Waals surface area contributed by atoms with Crippen LogP contribution in [-0.2, 0) is 6.54 Å². The summed E-state index contributed by atoms with van der Waals surface area (Å²) in [6.07, 6.45) is 3.77. The summed E-state index contributed by atoms with van der Waals surface area (Å²) in [6, 6.07) is 20.7. The van der Waals surface area contributed by atoms with E-state index in [4.69, 9.17) is 5.10 Å². The van der Waals surface area contributed by atoms with Gasteiger partial charge in [-0.15, -0.1) is 0 Å². The van der Waals surface area contributed by atoms with Gasteiger partial charge in [0.05, 0.1) is 12.1 Å². The van der Waals surface area contributed by atoms with Crippen molar-refractivity contribution in [3.8, 4) is 11.3 Å². The molecule has 1 aromatic heterocycles. The summed E-state index contributed by atoms with van der Waals surface area (Å²) in [6.45, 7) is 3.73. The van der Waals surface area contributed by atoms with Crippen LogP contribution in [-0.4, -0.2) is 34.3 Å². The Hall–Kier alpha value is -2.92. The van der Waals surface area contributed by atoms with Crippen molar-refractivity contribution in [3.05, 3.63) is 78.0 Å². The zero-order valence-corrected chi connectivity index (χ0v) is 16.1. The summed E-state index contributed by atoms with van der Waals surface area (Å²) in [4.78, 5) is 13.1. The monoisotopic (exact) mass is 374 g/mol. The van der Waals surface area contributed by atoms with E-state index in [0.717, 1.165) is 36.2 Å². The van der Waals surface area contributed by atoms with Crippen LogP contribution in [0.25, 0.3) is 11.3 Å². The highest BCUT2D eigenvalue weighted by molar-refractivity contribution is 6.00. The molecule has 1 saturated heterocycles. The molecule has 0 saturated carbocycles. The number of amides is 1. The van der Waals surface area contributed by atoms with Crippen molar-refractivity contribution in [1.82, 2.24) is 20.4 Å². The maximum Gasteiger partial charge on any atom is 0.255 e. The quantitative estimate of drug-likeness (QED) is 0.719. The Bertz CT molecular complexity index is 920. The minimum absolute atomic E-state index is 0.0442. The number of hydrogen-bond acceptors (Lipinski definition) is 3. The number of carbonyl (C=O) groups excluding carboxylic acids is 1. The van der Waals surface area contributed by atoms with E-state index < -0.39 is 0 Å². The number of benzene rings is 2. The highest BCUT2D eigenvalue weighted by atomic mass is 16.1. The van der Waals surface area contributed by atoms with Gasteiger partial charge in [-0.05, 0) is 31.9 Å². The van der Waals surface area contributed by atoms with Crippen molar-refractivity contribution in [1.29, 1.82) is 0 Å². The topological polar surface area (TPSA) is 59.0 Å². The molecule has 4 rings (SSSR count). The van der Waals surface area contributed by atoms with Crippen LogP contribution < -0.4 is 10.6 Å². The molecule has 1 amide bonds. The highest BCUT2D eigenvalue weighted by Crippen LogP contribution is 2.23. The average Bonchev–Trinajstić information content (AvgIpc) is 3.13. The predicted octanol–water partition coefficient (Wildman–Crippen LogP) is 3.47. The first-order valence-electron chi connectivity index (χ1n) is 9.90. The fraction of sp³-hybridized carbons (Fsp3) is 0.304. The molecule has 2 unspecified atom stereocenters. The van der Waals surface area contributed by atoms with Gasteiger partial charge < -0.3 is 10.6 Å². The molecule has 2 aromatic carbocycles. The largest absolute Gasteiger partial charge is 0.349 e. The minimum atomic E-state index is -0.0442. The second-order valence-corrected chi connectivity index (χ2v) is 7.49. The lowest BCUT2D eigenvalue weighted by Gasteiger charge is -2.28. The molecule has 0 radical (unpaired) electrons. The first-order chi connectivity index (χ1) is 13.7. The maximum absolute atomic E-state index is 13.1. The Kier molecular flexibility index (Phi) is 5.53. The first-order valence-corrected chi connectivity index (χ1v) is 9.90. The van der Waals surface area contributed by atoms with Gasteiger partial charge in [0, 0.05) is 23.8 Å². The lowest BCUT2D eigenvalue weighted by atomic mass is 10.00. The first kappa shape index (κ1) is 18.4. The summed E-state index contributed by atoms with van der Waals surface area (Å²) >= 11 is 0. The van der Waals surface area contributed by atoms with Crippen molar-refractivity contribution in [2.75, 3.05) is 6.54 Å². The van der Waals surface area contributed by atoms with E-state index in [1.54, 1.807) is 0 Å². The van der Waals surface area contributed by atoms with E-state index in [-0.39, 0.29) is 11.9 Å². The number of carbonyl (C=O) groups is 1. The summed E-state index contributed by atoms with van der Waals surface area (Å²) in [5.41, 5.74) is 3.48. The summed E-state index contributed by atoms with van der Waals surface area (Å²) in [5.74, 6) is -0.0442. The van der Waals surface area contributed by atoms with E-state index in [2.05, 4.69) is 29.7 Å². The average molecular weight is 374 g/mol. The number of hydrogen-bond donors (Lipinski definition) is 2. The third-order valence-electron chi connectivity index (χ3n) is 5.20. The molecule has 2 atom stereocenters. The fourth-order valence-corrected chi connectivity index (χ4v) is 3.77. The Morgan fingerprint density at radius 3 is 2.57 bits per heavy atom. The SMILES string of the molecule is CC1CC(NC(=O)c2cn(Cc3ccccc3)nc2-c2ccccc2)CCN1. The molecule has 5 heteroatoms. The van der Waals surface area contributed by atoms with Crippen LogP contribution in [0.15, 0.2) is 66.9 Å². The maximum atomic E-state index is 13.1. The molecule has 1 fully saturated rings. The van der Waals surface area contributed by atoms with Gasteiger partial charge in [-0.1, -0.05) is 60.7 Å². The molecule has 5 nitrogen and oxygen atoms in total. The molecular weight excluding hydrogens is 348 g/mol. The number of aromatic nitrogens is 2. The molecule has 0 bridgehead atoms. The molecule has 144 valence electrons. The Morgan fingerprint density at radius 1 is 1.14 bits per heavy atom. The van der Waals surface area contributed by atoms with E-state index >= 15 is 0 Å². The van der Waals surface area contributed by atoms with Gasteiger partial charge in [-0.25, -0.2) is 0 Å². The van der Waals surface area contributed by atoms with Crippen LogP contribution in [0.1, 0.15) is 35.7 Å². The van der Waals surface area contributed by atoms with Gasteiger partial charge in [0.25, 0.3) is 5.91 Å². The standard InChI is InChI=1S/C23H26N4O/c1-17-14-20(12-13-24-17)25-23(28)21-16-27(15-18-8-4-2-5-9-18)26-22(21)19-10-6-3-7-11-19/h2-11,16-17,20,24H,12-15H2,1H3,(H,25,28). The highest BCUT2D eigenvalue weighted by Gasteiger charge is 2.23. The number of nitrogens with one attached hydrogen (secondary N) is 2. The zero-order valence-electron chi connectivity index (χ0n) is 16.1. The second-order valence-electron chi connectivity index (χ2n) is 7.49. The van der Waals surface area contributed by atoms with Crippen LogP contribution in [0.5, 0.6) is 0 Å². The van der Waals surface area contributed by atoms with Crippen molar-refractivity contribution in [2.45, 2.75) is 38.4 Å². The molecule has 2 heterocycles. The van der Waals surface area contributed by atoms with Gasteiger partial charge in [-0.2, -0.15) is 5.10 Å². The Morgan fingerprint density at radius 2 is 1.86 bits per heavy atom. The second kappa shape index (κ2) is 8.40. The summed E-state index contributed by atoms with van der Waals surface area (Å²) < 4.78 is 1.86. The molecule has 2 N–H and O–H groups in total. The number of rotatable bonds is 5. The molecule has 0 aliphatic carbocycles. The third-order valence-corrected chi connectivity index (χ3v) is 5.20. The van der Waals surface area contributed by atoms with Crippen LogP contribution in [0.3, 0.4) is 0 Å². The zero-order chi connectivity index (χ0) is 19.3. The van der Waals surface area contributed by atoms with E-state index in [1.807, 2.05) is 59.4 Å². The van der Waals surface area contributed by atoms with Crippen molar-refractivity contribution < 1.29 is 4.79 Å². The Labute approximate surface area is 165 Å². The third kappa shape index (κ3) is 4.31. The smallest absolute Gasteiger partial charge is 0.255 e.